The van der Waals surface area contributed by atoms with Crippen LogP contribution in [0.4, 0.5) is 0 Å². The number of aliphatic imine (C=N–C) groups is 1. The standard InChI is InChI=1S/C9H16N4S/c1-3-7-4-5-14-8(7)6-12-9(11-2)13-10/h4-5H,3,6,10H2,1-2H3,(H2,11,12,13). The van der Waals surface area contributed by atoms with Gasteiger partial charge in [0.15, 0.2) is 0 Å². The van der Waals surface area contributed by atoms with Crippen molar-refractivity contribution in [2.45, 2.75) is 19.9 Å². The van der Waals surface area contributed by atoms with Gasteiger partial charge in [-0.15, -0.1) is 11.3 Å². The molecular weight excluding hydrogens is 196 g/mol. The molecule has 0 fully saturated rings. The highest BCUT2D eigenvalue weighted by Crippen LogP contribution is 2.16. The Morgan fingerprint density at radius 2 is 2.43 bits per heavy atom. The van der Waals surface area contributed by atoms with Crippen molar-refractivity contribution in [3.05, 3.63) is 21.9 Å². The smallest absolute Gasteiger partial charge is 0.205 e. The maximum atomic E-state index is 5.25. The van der Waals surface area contributed by atoms with Crippen molar-refractivity contribution in [2.24, 2.45) is 10.8 Å². The maximum absolute atomic E-state index is 5.25. The number of thiophene rings is 1. The SMILES string of the molecule is CCc1ccsc1CNC(=NC)NN. The topological polar surface area (TPSA) is 62.4 Å². The van der Waals surface area contributed by atoms with Crippen molar-refractivity contribution in [3.63, 3.8) is 0 Å². The summed E-state index contributed by atoms with van der Waals surface area (Å²) in [5.41, 5.74) is 3.88. The second kappa shape index (κ2) is 5.62. The molecule has 0 radical (unpaired) electrons. The largest absolute Gasteiger partial charge is 0.350 e. The fourth-order valence-corrected chi connectivity index (χ4v) is 2.11. The summed E-state index contributed by atoms with van der Waals surface area (Å²) in [7, 11) is 1.69. The summed E-state index contributed by atoms with van der Waals surface area (Å²) in [5.74, 6) is 5.86. The zero-order valence-corrected chi connectivity index (χ0v) is 9.32. The summed E-state index contributed by atoms with van der Waals surface area (Å²) in [6.45, 7) is 2.93. The number of hydrogen-bond acceptors (Lipinski definition) is 3. The lowest BCUT2D eigenvalue weighted by Crippen LogP contribution is -2.40. The molecule has 0 aliphatic rings. The van der Waals surface area contributed by atoms with Crippen LogP contribution < -0.4 is 16.6 Å². The third-order valence-electron chi connectivity index (χ3n) is 2.00. The molecule has 4 nitrogen and oxygen atoms in total. The lowest BCUT2D eigenvalue weighted by Gasteiger charge is -2.07. The van der Waals surface area contributed by atoms with E-state index in [1.807, 2.05) is 0 Å². The fraction of sp³-hybridized carbons (Fsp3) is 0.444. The van der Waals surface area contributed by atoms with Gasteiger partial charge in [-0.25, -0.2) is 5.84 Å². The molecule has 0 saturated carbocycles. The molecule has 0 aliphatic heterocycles. The van der Waals surface area contributed by atoms with Crippen molar-refractivity contribution in [3.8, 4) is 0 Å². The van der Waals surface area contributed by atoms with E-state index in [4.69, 9.17) is 5.84 Å². The van der Waals surface area contributed by atoms with Crippen molar-refractivity contribution in [1.82, 2.24) is 10.7 Å². The van der Waals surface area contributed by atoms with Gasteiger partial charge in [-0.2, -0.15) is 0 Å². The quantitative estimate of drug-likeness (QED) is 0.301. The zero-order valence-electron chi connectivity index (χ0n) is 8.50. The van der Waals surface area contributed by atoms with Crippen LogP contribution >= 0.6 is 11.3 Å². The Hall–Kier alpha value is -1.07. The maximum Gasteiger partial charge on any atom is 0.205 e. The highest BCUT2D eigenvalue weighted by Gasteiger charge is 2.02. The number of rotatable bonds is 3. The molecule has 0 aliphatic carbocycles. The predicted octanol–water partition coefficient (Wildman–Crippen LogP) is 0.849. The molecule has 1 aromatic heterocycles. The van der Waals surface area contributed by atoms with Crippen molar-refractivity contribution < 1.29 is 0 Å². The minimum atomic E-state index is 0.612. The molecule has 4 N–H and O–H groups in total. The normalized spacial score (nSPS) is 11.5. The third kappa shape index (κ3) is 2.71. The van der Waals surface area contributed by atoms with Crippen molar-refractivity contribution >= 4 is 17.3 Å². The number of nitrogens with two attached hydrogens (primary N) is 1. The van der Waals surface area contributed by atoms with Crippen molar-refractivity contribution in [2.75, 3.05) is 7.05 Å². The van der Waals surface area contributed by atoms with Gasteiger partial charge in [0.05, 0.1) is 6.54 Å². The van der Waals surface area contributed by atoms with Gasteiger partial charge in [-0.1, -0.05) is 6.92 Å². The Kier molecular flexibility index (Phi) is 4.42. The molecule has 1 rings (SSSR count). The Morgan fingerprint density at radius 1 is 1.64 bits per heavy atom. The van der Waals surface area contributed by atoms with Gasteiger partial charge in [0, 0.05) is 11.9 Å². The van der Waals surface area contributed by atoms with Crippen LogP contribution in [-0.4, -0.2) is 13.0 Å². The molecule has 1 heterocycles. The highest BCUT2D eigenvalue weighted by molar-refractivity contribution is 7.10. The summed E-state index contributed by atoms with van der Waals surface area (Å²) in [5, 5.41) is 5.23. The Morgan fingerprint density at radius 3 is 3.00 bits per heavy atom. The first kappa shape index (κ1) is 11.0. The minimum Gasteiger partial charge on any atom is -0.350 e. The van der Waals surface area contributed by atoms with Crippen LogP contribution in [0.25, 0.3) is 0 Å². The highest BCUT2D eigenvalue weighted by atomic mass is 32.1. The van der Waals surface area contributed by atoms with E-state index in [-0.39, 0.29) is 0 Å². The van der Waals surface area contributed by atoms with Gasteiger partial charge < -0.3 is 5.32 Å². The Balaban J connectivity index is 2.53. The fourth-order valence-electron chi connectivity index (χ4n) is 1.20. The van der Waals surface area contributed by atoms with E-state index in [0.29, 0.717) is 5.96 Å². The van der Waals surface area contributed by atoms with E-state index in [1.165, 1.54) is 10.4 Å². The molecule has 0 saturated heterocycles. The first-order valence-corrected chi connectivity index (χ1v) is 5.42. The number of aryl methyl sites for hydroxylation is 1. The van der Waals surface area contributed by atoms with Gasteiger partial charge in [-0.3, -0.25) is 10.4 Å². The Bertz CT molecular complexity index is 306. The summed E-state index contributed by atoms with van der Waals surface area (Å²) in [4.78, 5) is 5.27. The van der Waals surface area contributed by atoms with Gasteiger partial charge in [0.25, 0.3) is 0 Å². The zero-order chi connectivity index (χ0) is 10.4. The van der Waals surface area contributed by atoms with Gasteiger partial charge in [0.2, 0.25) is 5.96 Å². The average Bonchev–Trinajstić information content (AvgIpc) is 2.67. The van der Waals surface area contributed by atoms with Crippen LogP contribution in [0.2, 0.25) is 0 Å². The van der Waals surface area contributed by atoms with Crippen LogP contribution in [0.5, 0.6) is 0 Å². The molecule has 0 unspecified atom stereocenters. The third-order valence-corrected chi connectivity index (χ3v) is 2.96. The summed E-state index contributed by atoms with van der Waals surface area (Å²) < 4.78 is 0. The van der Waals surface area contributed by atoms with Crippen LogP contribution in [0.3, 0.4) is 0 Å². The molecule has 5 heteroatoms. The molecule has 0 aromatic carbocycles. The molecule has 0 amide bonds. The molecule has 78 valence electrons. The summed E-state index contributed by atoms with van der Waals surface area (Å²) in [6.07, 6.45) is 1.06. The molecule has 0 bridgehead atoms. The number of nitrogens with zero attached hydrogens (tertiary/aromatic N) is 1. The molecule has 0 spiro atoms. The summed E-state index contributed by atoms with van der Waals surface area (Å²) >= 11 is 1.75. The van der Waals surface area contributed by atoms with E-state index in [1.54, 1.807) is 18.4 Å². The van der Waals surface area contributed by atoms with E-state index in [0.717, 1.165) is 13.0 Å². The van der Waals surface area contributed by atoms with Crippen LogP contribution in [-0.2, 0) is 13.0 Å². The number of hydrazine groups is 1. The predicted molar refractivity (Wildman–Crippen MR) is 61.2 cm³/mol. The number of guanidine groups is 1. The van der Waals surface area contributed by atoms with E-state index in [2.05, 4.69) is 34.1 Å². The second-order valence-corrected chi connectivity index (χ2v) is 3.79. The van der Waals surface area contributed by atoms with Crippen LogP contribution in [0.1, 0.15) is 17.4 Å². The first-order chi connectivity index (χ1) is 6.81. The molecule has 14 heavy (non-hydrogen) atoms. The monoisotopic (exact) mass is 212 g/mol. The van der Waals surface area contributed by atoms with Gasteiger partial charge >= 0.3 is 0 Å². The summed E-state index contributed by atoms with van der Waals surface area (Å²) in [6, 6.07) is 2.15. The molecule has 0 atom stereocenters. The minimum absolute atomic E-state index is 0.612. The second-order valence-electron chi connectivity index (χ2n) is 2.79. The number of hydrogen-bond donors (Lipinski definition) is 3. The average molecular weight is 212 g/mol. The van der Waals surface area contributed by atoms with Crippen LogP contribution in [0, 0.1) is 0 Å². The lowest BCUT2D eigenvalue weighted by atomic mass is 10.2. The number of nitrogens with one attached hydrogen (secondary N) is 2. The first-order valence-electron chi connectivity index (χ1n) is 4.54. The molecule has 1 aromatic rings. The molecular formula is C9H16N4S. The van der Waals surface area contributed by atoms with E-state index in [9.17, 15) is 0 Å². The van der Waals surface area contributed by atoms with Gasteiger partial charge in [-0.05, 0) is 23.4 Å². The Labute approximate surface area is 88.2 Å². The van der Waals surface area contributed by atoms with Gasteiger partial charge in [0.1, 0.15) is 0 Å². The van der Waals surface area contributed by atoms with Crippen molar-refractivity contribution in [1.29, 1.82) is 0 Å². The van der Waals surface area contributed by atoms with E-state index >= 15 is 0 Å². The van der Waals surface area contributed by atoms with E-state index < -0.39 is 0 Å². The van der Waals surface area contributed by atoms with Crippen LogP contribution in [0.15, 0.2) is 16.4 Å². The lowest BCUT2D eigenvalue weighted by molar-refractivity contribution is 0.842.